The first-order valence-electron chi connectivity index (χ1n) is 6.06. The van der Waals surface area contributed by atoms with Crippen LogP contribution in [-0.4, -0.2) is 18.1 Å². The number of nitrogens with two attached hydrogens (primary N) is 1. The van der Waals surface area contributed by atoms with Crippen LogP contribution in [0.25, 0.3) is 0 Å². The van der Waals surface area contributed by atoms with Crippen LogP contribution in [0.4, 0.5) is 0 Å². The minimum absolute atomic E-state index is 0.0745. The molecule has 0 radical (unpaired) electrons. The van der Waals surface area contributed by atoms with Crippen LogP contribution >= 0.6 is 0 Å². The topological polar surface area (TPSA) is 48.1 Å². The van der Waals surface area contributed by atoms with Gasteiger partial charge < -0.3 is 10.5 Å². The van der Waals surface area contributed by atoms with E-state index in [1.54, 1.807) is 13.3 Å². The van der Waals surface area contributed by atoms with Crippen LogP contribution in [0.2, 0.25) is 0 Å². The number of rotatable bonds is 5. The fourth-order valence-electron chi connectivity index (χ4n) is 2.05. The van der Waals surface area contributed by atoms with Crippen LogP contribution < -0.4 is 10.5 Å². The van der Waals surface area contributed by atoms with Gasteiger partial charge in [0.15, 0.2) is 0 Å². The van der Waals surface area contributed by atoms with Crippen LogP contribution in [0.1, 0.15) is 11.1 Å². The molecular weight excluding hydrogens is 224 g/mol. The molecule has 2 N–H and O–H groups in total. The zero-order valence-electron chi connectivity index (χ0n) is 10.5. The van der Waals surface area contributed by atoms with Crippen molar-refractivity contribution in [2.24, 2.45) is 5.73 Å². The van der Waals surface area contributed by atoms with Crippen molar-refractivity contribution in [3.8, 4) is 5.75 Å². The van der Waals surface area contributed by atoms with Gasteiger partial charge in [-0.15, -0.1) is 0 Å². The number of para-hydroxylation sites is 1. The number of methoxy groups -OCH3 is 1. The summed E-state index contributed by atoms with van der Waals surface area (Å²) in [6, 6.07) is 12.1. The summed E-state index contributed by atoms with van der Waals surface area (Å²) >= 11 is 0. The fourth-order valence-corrected chi connectivity index (χ4v) is 2.05. The SMILES string of the molecule is COc1ccccc1CC(N)Cc1cccnc1. The molecule has 0 aliphatic carbocycles. The van der Waals surface area contributed by atoms with Crippen LogP contribution in [-0.2, 0) is 12.8 Å². The molecule has 0 aliphatic heterocycles. The minimum atomic E-state index is 0.0745. The minimum Gasteiger partial charge on any atom is -0.496 e. The predicted octanol–water partition coefficient (Wildman–Crippen LogP) is 2.20. The zero-order valence-corrected chi connectivity index (χ0v) is 10.5. The van der Waals surface area contributed by atoms with Gasteiger partial charge in [-0.3, -0.25) is 4.98 Å². The molecule has 0 aliphatic rings. The highest BCUT2D eigenvalue weighted by Gasteiger charge is 2.09. The van der Waals surface area contributed by atoms with Crippen molar-refractivity contribution in [2.45, 2.75) is 18.9 Å². The fraction of sp³-hybridized carbons (Fsp3) is 0.267. The molecule has 2 rings (SSSR count). The van der Waals surface area contributed by atoms with Crippen molar-refractivity contribution >= 4 is 0 Å². The largest absolute Gasteiger partial charge is 0.496 e. The summed E-state index contributed by atoms with van der Waals surface area (Å²) < 4.78 is 5.33. The Morgan fingerprint density at radius 2 is 2.00 bits per heavy atom. The number of hydrogen-bond donors (Lipinski definition) is 1. The van der Waals surface area contributed by atoms with Crippen LogP contribution in [0.3, 0.4) is 0 Å². The van der Waals surface area contributed by atoms with Crippen molar-refractivity contribution in [2.75, 3.05) is 7.11 Å². The molecule has 94 valence electrons. The Morgan fingerprint density at radius 3 is 2.72 bits per heavy atom. The maximum atomic E-state index is 6.18. The van der Waals surface area contributed by atoms with Crippen LogP contribution in [0.5, 0.6) is 5.75 Å². The molecule has 3 nitrogen and oxygen atoms in total. The van der Waals surface area contributed by atoms with Crippen molar-refractivity contribution in [1.82, 2.24) is 4.98 Å². The first-order chi connectivity index (χ1) is 8.79. The van der Waals surface area contributed by atoms with E-state index in [0.29, 0.717) is 0 Å². The quantitative estimate of drug-likeness (QED) is 0.874. The Labute approximate surface area is 108 Å². The third-order valence-electron chi connectivity index (χ3n) is 2.90. The van der Waals surface area contributed by atoms with E-state index in [1.165, 1.54) is 5.56 Å². The molecule has 1 unspecified atom stereocenters. The summed E-state index contributed by atoms with van der Waals surface area (Å²) in [6.45, 7) is 0. The molecule has 1 atom stereocenters. The summed E-state index contributed by atoms with van der Waals surface area (Å²) in [6.07, 6.45) is 5.27. The van der Waals surface area contributed by atoms with E-state index >= 15 is 0 Å². The summed E-state index contributed by atoms with van der Waals surface area (Å²) in [5, 5.41) is 0. The molecule has 0 spiro atoms. The van der Waals surface area contributed by atoms with Crippen molar-refractivity contribution in [1.29, 1.82) is 0 Å². The van der Waals surface area contributed by atoms with Crippen molar-refractivity contribution < 1.29 is 4.74 Å². The summed E-state index contributed by atoms with van der Waals surface area (Å²) in [5.74, 6) is 0.902. The molecule has 1 aromatic heterocycles. The predicted molar refractivity (Wildman–Crippen MR) is 72.6 cm³/mol. The van der Waals surface area contributed by atoms with Crippen molar-refractivity contribution in [3.05, 3.63) is 59.9 Å². The summed E-state index contributed by atoms with van der Waals surface area (Å²) in [5.41, 5.74) is 8.49. The molecule has 18 heavy (non-hydrogen) atoms. The Hall–Kier alpha value is -1.87. The van der Waals surface area contributed by atoms with E-state index in [1.807, 2.05) is 30.5 Å². The van der Waals surface area contributed by atoms with Crippen molar-refractivity contribution in [3.63, 3.8) is 0 Å². The maximum absolute atomic E-state index is 6.18. The molecule has 0 amide bonds. The number of pyridine rings is 1. The van der Waals surface area contributed by atoms with Crippen LogP contribution in [0, 0.1) is 0 Å². The standard InChI is InChI=1S/C15H18N2O/c1-18-15-7-3-2-6-13(15)10-14(16)9-12-5-4-8-17-11-12/h2-8,11,14H,9-10,16H2,1H3. The van der Waals surface area contributed by atoms with Gasteiger partial charge in [0.1, 0.15) is 5.75 Å². The molecule has 0 bridgehead atoms. The van der Waals surface area contributed by atoms with Gasteiger partial charge in [-0.25, -0.2) is 0 Å². The number of aromatic nitrogens is 1. The molecule has 3 heteroatoms. The Morgan fingerprint density at radius 1 is 1.17 bits per heavy atom. The Balaban J connectivity index is 2.01. The first kappa shape index (κ1) is 12.6. The number of hydrogen-bond acceptors (Lipinski definition) is 3. The highest BCUT2D eigenvalue weighted by molar-refractivity contribution is 5.34. The van der Waals surface area contributed by atoms with Gasteiger partial charge in [-0.2, -0.15) is 0 Å². The van der Waals surface area contributed by atoms with E-state index in [-0.39, 0.29) is 6.04 Å². The lowest BCUT2D eigenvalue weighted by atomic mass is 10.00. The molecule has 2 aromatic rings. The Kier molecular flexibility index (Phi) is 4.31. The van der Waals surface area contributed by atoms with Gasteiger partial charge >= 0.3 is 0 Å². The van der Waals surface area contributed by atoms with Gasteiger partial charge in [0, 0.05) is 18.4 Å². The normalized spacial score (nSPS) is 12.1. The average Bonchev–Trinajstić information content (AvgIpc) is 2.40. The van der Waals surface area contributed by atoms with E-state index in [4.69, 9.17) is 10.5 Å². The van der Waals surface area contributed by atoms with Gasteiger partial charge in [0.2, 0.25) is 0 Å². The Bertz CT molecular complexity index is 485. The average molecular weight is 242 g/mol. The van der Waals surface area contributed by atoms with E-state index in [0.717, 1.165) is 24.2 Å². The van der Waals surface area contributed by atoms with E-state index in [2.05, 4.69) is 17.1 Å². The molecule has 0 saturated heterocycles. The first-order valence-corrected chi connectivity index (χ1v) is 6.06. The van der Waals surface area contributed by atoms with Gasteiger partial charge in [-0.05, 0) is 36.1 Å². The van der Waals surface area contributed by atoms with E-state index < -0.39 is 0 Å². The molecule has 0 fully saturated rings. The monoisotopic (exact) mass is 242 g/mol. The maximum Gasteiger partial charge on any atom is 0.122 e. The summed E-state index contributed by atoms with van der Waals surface area (Å²) in [7, 11) is 1.69. The van der Waals surface area contributed by atoms with Crippen LogP contribution in [0.15, 0.2) is 48.8 Å². The third kappa shape index (κ3) is 3.31. The van der Waals surface area contributed by atoms with Gasteiger partial charge in [0.05, 0.1) is 7.11 Å². The summed E-state index contributed by atoms with van der Waals surface area (Å²) in [4.78, 5) is 4.10. The lowest BCUT2D eigenvalue weighted by Gasteiger charge is -2.14. The molecule has 1 heterocycles. The third-order valence-corrected chi connectivity index (χ3v) is 2.90. The second-order valence-electron chi connectivity index (χ2n) is 4.34. The van der Waals surface area contributed by atoms with Gasteiger partial charge in [-0.1, -0.05) is 24.3 Å². The smallest absolute Gasteiger partial charge is 0.122 e. The number of ether oxygens (including phenoxy) is 1. The lowest BCUT2D eigenvalue weighted by Crippen LogP contribution is -2.25. The highest BCUT2D eigenvalue weighted by atomic mass is 16.5. The second-order valence-corrected chi connectivity index (χ2v) is 4.34. The van der Waals surface area contributed by atoms with E-state index in [9.17, 15) is 0 Å². The number of benzene rings is 1. The highest BCUT2D eigenvalue weighted by Crippen LogP contribution is 2.19. The molecule has 1 aromatic carbocycles. The number of nitrogens with zero attached hydrogens (tertiary/aromatic N) is 1. The molecular formula is C15H18N2O. The van der Waals surface area contributed by atoms with Gasteiger partial charge in [0.25, 0.3) is 0 Å². The second kappa shape index (κ2) is 6.17. The lowest BCUT2D eigenvalue weighted by molar-refractivity contribution is 0.408. The molecule has 0 saturated carbocycles. The zero-order chi connectivity index (χ0) is 12.8.